The maximum atomic E-state index is 13.0. The molecule has 0 radical (unpaired) electrons. The van der Waals surface area contributed by atoms with Gasteiger partial charge in [-0.2, -0.15) is 21.6 Å². The number of fused-ring (bicyclic) bond motifs is 2. The van der Waals surface area contributed by atoms with Crippen LogP contribution in [0.2, 0.25) is 5.02 Å². The Labute approximate surface area is 150 Å². The number of benzene rings is 1. The molecular weight excluding hydrogens is 377 g/mol. The summed E-state index contributed by atoms with van der Waals surface area (Å²) < 4.78 is 67.7. The Kier molecular flexibility index (Phi) is 4.88. The first-order valence-corrected chi connectivity index (χ1v) is 10.1. The summed E-state index contributed by atoms with van der Waals surface area (Å²) in [6.07, 6.45) is 3.21. The fourth-order valence-electron chi connectivity index (χ4n) is 4.52. The van der Waals surface area contributed by atoms with E-state index in [0.29, 0.717) is 41.7 Å². The minimum absolute atomic E-state index is 0.241. The van der Waals surface area contributed by atoms with E-state index in [2.05, 4.69) is 0 Å². The molecular formula is C17H20ClF3O3S. The maximum absolute atomic E-state index is 13.0. The van der Waals surface area contributed by atoms with E-state index in [1.54, 1.807) is 18.2 Å². The highest BCUT2D eigenvalue weighted by Crippen LogP contribution is 2.55. The van der Waals surface area contributed by atoms with Gasteiger partial charge in [0.15, 0.2) is 0 Å². The molecule has 4 atom stereocenters. The van der Waals surface area contributed by atoms with Crippen LogP contribution >= 0.6 is 11.6 Å². The Balaban J connectivity index is 2.09. The van der Waals surface area contributed by atoms with Crippen molar-refractivity contribution in [3.63, 3.8) is 0 Å². The molecule has 0 heterocycles. The summed E-state index contributed by atoms with van der Waals surface area (Å²) in [5.41, 5.74) is -6.55. The van der Waals surface area contributed by atoms with Gasteiger partial charge in [-0.15, -0.1) is 0 Å². The fourth-order valence-corrected chi connectivity index (χ4v) is 5.51. The highest BCUT2D eigenvalue weighted by atomic mass is 35.5. The Hall–Kier alpha value is -0.790. The molecule has 8 heteroatoms. The van der Waals surface area contributed by atoms with Gasteiger partial charge in [-0.05, 0) is 67.6 Å². The van der Waals surface area contributed by atoms with Crippen molar-refractivity contribution in [1.29, 1.82) is 0 Å². The first-order valence-electron chi connectivity index (χ1n) is 8.31. The Morgan fingerprint density at radius 3 is 2.60 bits per heavy atom. The summed E-state index contributed by atoms with van der Waals surface area (Å²) in [5, 5.41) is 0.343. The third-order valence-corrected chi connectivity index (χ3v) is 6.80. The highest BCUT2D eigenvalue weighted by molar-refractivity contribution is 7.87. The lowest BCUT2D eigenvalue weighted by atomic mass is 9.60. The van der Waals surface area contributed by atoms with Crippen LogP contribution in [0.1, 0.15) is 44.6 Å². The van der Waals surface area contributed by atoms with Gasteiger partial charge in [0.25, 0.3) is 0 Å². The number of hydrogen-bond donors (Lipinski definition) is 0. The predicted molar refractivity (Wildman–Crippen MR) is 88.4 cm³/mol. The van der Waals surface area contributed by atoms with Gasteiger partial charge in [-0.25, -0.2) is 0 Å². The largest absolute Gasteiger partial charge is 0.523 e. The summed E-state index contributed by atoms with van der Waals surface area (Å²) in [5.74, 6) is 0.434. The summed E-state index contributed by atoms with van der Waals surface area (Å²) in [6.45, 7) is 2.05. The second-order valence-corrected chi connectivity index (χ2v) is 9.27. The second-order valence-electron chi connectivity index (χ2n) is 7.30. The molecule has 0 aromatic heterocycles. The van der Waals surface area contributed by atoms with Crippen LogP contribution in [-0.4, -0.2) is 13.9 Å². The minimum atomic E-state index is -5.71. The molecule has 2 aliphatic carbocycles. The summed E-state index contributed by atoms with van der Waals surface area (Å²) in [7, 11) is -5.71. The average Bonchev–Trinajstić information content (AvgIpc) is 2.49. The van der Waals surface area contributed by atoms with E-state index in [-0.39, 0.29) is 12.3 Å². The van der Waals surface area contributed by atoms with Crippen molar-refractivity contribution in [1.82, 2.24) is 0 Å². The molecule has 3 rings (SSSR count). The van der Waals surface area contributed by atoms with Crippen molar-refractivity contribution in [2.24, 2.45) is 17.8 Å². The minimum Gasteiger partial charge on any atom is -0.251 e. The highest BCUT2D eigenvalue weighted by Gasteiger charge is 2.57. The van der Waals surface area contributed by atoms with E-state index in [9.17, 15) is 21.6 Å². The molecule has 0 saturated heterocycles. The lowest BCUT2D eigenvalue weighted by Gasteiger charge is -2.50. The molecule has 25 heavy (non-hydrogen) atoms. The van der Waals surface area contributed by atoms with E-state index in [0.717, 1.165) is 6.42 Å². The van der Waals surface area contributed by atoms with Crippen molar-refractivity contribution in [2.75, 3.05) is 0 Å². The number of alkyl halides is 3. The molecule has 2 aliphatic rings. The fraction of sp³-hybridized carbons (Fsp3) is 0.647. The van der Waals surface area contributed by atoms with Crippen LogP contribution in [0, 0.1) is 17.8 Å². The summed E-state index contributed by atoms with van der Waals surface area (Å²) in [4.78, 5) is 0. The normalized spacial score (nSPS) is 33.2. The molecule has 0 spiro atoms. The van der Waals surface area contributed by atoms with Crippen molar-refractivity contribution >= 4 is 21.7 Å². The van der Waals surface area contributed by atoms with Crippen molar-refractivity contribution in [2.45, 2.75) is 50.1 Å². The van der Waals surface area contributed by atoms with Gasteiger partial charge in [0, 0.05) is 5.02 Å². The third-order valence-electron chi connectivity index (χ3n) is 5.48. The predicted octanol–water partition coefficient (Wildman–Crippen LogP) is 5.25. The molecule has 140 valence electrons. The quantitative estimate of drug-likeness (QED) is 0.517. The van der Waals surface area contributed by atoms with Crippen LogP contribution in [0.4, 0.5) is 13.2 Å². The third kappa shape index (κ3) is 3.55. The molecule has 3 nitrogen and oxygen atoms in total. The van der Waals surface area contributed by atoms with Crippen molar-refractivity contribution < 1.29 is 25.8 Å². The Morgan fingerprint density at radius 1 is 1.24 bits per heavy atom. The van der Waals surface area contributed by atoms with Crippen molar-refractivity contribution in [3.05, 3.63) is 34.9 Å². The van der Waals surface area contributed by atoms with E-state index in [4.69, 9.17) is 15.8 Å². The monoisotopic (exact) mass is 396 g/mol. The first-order chi connectivity index (χ1) is 11.5. The van der Waals surface area contributed by atoms with E-state index in [1.807, 2.05) is 6.92 Å². The zero-order chi connectivity index (χ0) is 18.5. The Morgan fingerprint density at radius 2 is 1.96 bits per heavy atom. The SMILES string of the molecule is CC1CC2CCC(OS(=O)(=O)C(F)(F)F)(c3cccc(Cl)c3)C(C1)C2. The molecule has 2 bridgehead atoms. The molecule has 2 fully saturated rings. The number of hydrogen-bond acceptors (Lipinski definition) is 3. The molecule has 2 saturated carbocycles. The molecule has 0 amide bonds. The zero-order valence-corrected chi connectivity index (χ0v) is 15.3. The van der Waals surface area contributed by atoms with Crippen LogP contribution < -0.4 is 0 Å². The summed E-state index contributed by atoms with van der Waals surface area (Å²) >= 11 is 6.02. The number of halogens is 4. The lowest BCUT2D eigenvalue weighted by molar-refractivity contribution is -0.101. The molecule has 0 aliphatic heterocycles. The van der Waals surface area contributed by atoms with Gasteiger partial charge in [0.1, 0.15) is 5.60 Å². The Bertz CT molecular complexity index is 748. The van der Waals surface area contributed by atoms with Gasteiger partial charge < -0.3 is 0 Å². The average molecular weight is 397 g/mol. The van der Waals surface area contributed by atoms with Crippen LogP contribution in [-0.2, 0) is 19.9 Å². The lowest BCUT2D eigenvalue weighted by Crippen LogP contribution is -2.49. The van der Waals surface area contributed by atoms with E-state index in [1.165, 1.54) is 6.07 Å². The van der Waals surface area contributed by atoms with Gasteiger partial charge in [0.05, 0.1) is 0 Å². The zero-order valence-electron chi connectivity index (χ0n) is 13.7. The van der Waals surface area contributed by atoms with Crippen LogP contribution in [0.5, 0.6) is 0 Å². The topological polar surface area (TPSA) is 43.4 Å². The standard InChI is InChI=1S/C17H20ClF3O3S/c1-11-7-12-5-6-16(14(8-11)9-12,13-3-2-4-15(18)10-13)24-25(22,23)17(19,20)21/h2-4,10-12,14H,5-9H2,1H3. The smallest absolute Gasteiger partial charge is 0.251 e. The van der Waals surface area contributed by atoms with E-state index >= 15 is 0 Å². The van der Waals surface area contributed by atoms with Crippen LogP contribution in [0.25, 0.3) is 0 Å². The van der Waals surface area contributed by atoms with E-state index < -0.39 is 21.2 Å². The molecule has 0 N–H and O–H groups in total. The van der Waals surface area contributed by atoms with Crippen LogP contribution in [0.15, 0.2) is 24.3 Å². The van der Waals surface area contributed by atoms with Gasteiger partial charge >= 0.3 is 15.6 Å². The first kappa shape index (κ1) is 19.0. The molecule has 1 aromatic rings. The molecule has 1 aromatic carbocycles. The van der Waals surface area contributed by atoms with Gasteiger partial charge in [0.2, 0.25) is 0 Å². The molecule has 4 unspecified atom stereocenters. The second kappa shape index (κ2) is 6.43. The number of rotatable bonds is 3. The van der Waals surface area contributed by atoms with Gasteiger partial charge in [-0.1, -0.05) is 30.7 Å². The summed E-state index contributed by atoms with van der Waals surface area (Å²) in [6, 6.07) is 6.35. The maximum Gasteiger partial charge on any atom is 0.523 e. The van der Waals surface area contributed by atoms with Crippen molar-refractivity contribution in [3.8, 4) is 0 Å². The van der Waals surface area contributed by atoms with Crippen LogP contribution in [0.3, 0.4) is 0 Å². The van der Waals surface area contributed by atoms with Gasteiger partial charge in [-0.3, -0.25) is 4.18 Å².